The molecule has 3 aromatic carbocycles. The molecule has 0 aromatic heterocycles. The van der Waals surface area contributed by atoms with Gasteiger partial charge < -0.3 is 9.47 Å². The van der Waals surface area contributed by atoms with E-state index in [0.717, 1.165) is 4.47 Å². The number of halogens is 1. The second-order valence-corrected chi connectivity index (χ2v) is 6.75. The number of rotatable bonds is 6. The lowest BCUT2D eigenvalue weighted by Crippen LogP contribution is -2.18. The van der Waals surface area contributed by atoms with E-state index in [1.165, 1.54) is 13.3 Å². The summed E-state index contributed by atoms with van der Waals surface area (Å²) in [6.45, 7) is 0. The van der Waals surface area contributed by atoms with Crippen LogP contribution in [0.5, 0.6) is 11.5 Å². The molecule has 0 spiro atoms. The predicted octanol–water partition coefficient (Wildman–Crippen LogP) is 4.44. The number of hydrogen-bond donors (Lipinski definition) is 1. The number of para-hydroxylation sites is 1. The van der Waals surface area contributed by atoms with Gasteiger partial charge in [0.05, 0.1) is 24.5 Å². The maximum Gasteiger partial charge on any atom is 0.343 e. The Bertz CT molecular complexity index is 1050. The third-order valence-electron chi connectivity index (χ3n) is 3.91. The van der Waals surface area contributed by atoms with E-state index < -0.39 is 11.9 Å². The molecule has 1 N–H and O–H groups in total. The summed E-state index contributed by atoms with van der Waals surface area (Å²) in [6.07, 6.45) is 1.41. The monoisotopic (exact) mass is 452 g/mol. The SMILES string of the molecule is COc1ccccc1C(=O)N/N=C\c1cc(Br)ccc1OC(=O)c1ccccc1. The quantitative estimate of drug-likeness (QED) is 0.259. The van der Waals surface area contributed by atoms with E-state index in [4.69, 9.17) is 9.47 Å². The molecule has 1 amide bonds. The number of amides is 1. The van der Waals surface area contributed by atoms with Crippen LogP contribution in [0.4, 0.5) is 0 Å². The number of esters is 1. The van der Waals surface area contributed by atoms with E-state index >= 15 is 0 Å². The van der Waals surface area contributed by atoms with Gasteiger partial charge in [-0.3, -0.25) is 4.79 Å². The number of hydrazone groups is 1. The summed E-state index contributed by atoms with van der Waals surface area (Å²) in [5.41, 5.74) is 3.76. The molecule has 6 nitrogen and oxygen atoms in total. The molecule has 146 valence electrons. The van der Waals surface area contributed by atoms with Crippen LogP contribution in [0, 0.1) is 0 Å². The van der Waals surface area contributed by atoms with Crippen molar-refractivity contribution >= 4 is 34.0 Å². The Balaban J connectivity index is 1.75. The number of carbonyl (C=O) groups excluding carboxylic acids is 2. The van der Waals surface area contributed by atoms with Crippen molar-refractivity contribution in [3.05, 3.63) is 94.0 Å². The third-order valence-corrected chi connectivity index (χ3v) is 4.40. The number of nitrogens with one attached hydrogen (secondary N) is 1. The molecule has 0 saturated carbocycles. The first-order chi connectivity index (χ1) is 14.1. The number of hydrogen-bond acceptors (Lipinski definition) is 5. The molecule has 3 aromatic rings. The largest absolute Gasteiger partial charge is 0.496 e. The molecule has 0 unspecified atom stereocenters. The van der Waals surface area contributed by atoms with Gasteiger partial charge in [-0.2, -0.15) is 5.10 Å². The van der Waals surface area contributed by atoms with Gasteiger partial charge in [0.25, 0.3) is 5.91 Å². The Kier molecular flexibility index (Phi) is 6.76. The molecule has 0 aliphatic rings. The van der Waals surface area contributed by atoms with Crippen molar-refractivity contribution in [1.82, 2.24) is 5.43 Å². The topological polar surface area (TPSA) is 77.0 Å². The van der Waals surface area contributed by atoms with Crippen LogP contribution in [0.3, 0.4) is 0 Å². The highest BCUT2D eigenvalue weighted by Gasteiger charge is 2.12. The lowest BCUT2D eigenvalue weighted by Gasteiger charge is -2.08. The zero-order valence-electron chi connectivity index (χ0n) is 15.5. The Morgan fingerprint density at radius 2 is 1.69 bits per heavy atom. The molecule has 0 aliphatic carbocycles. The number of benzene rings is 3. The maximum atomic E-state index is 12.3. The van der Waals surface area contributed by atoms with Crippen LogP contribution >= 0.6 is 15.9 Å². The zero-order chi connectivity index (χ0) is 20.6. The number of nitrogens with zero attached hydrogens (tertiary/aromatic N) is 1. The zero-order valence-corrected chi connectivity index (χ0v) is 17.0. The van der Waals surface area contributed by atoms with E-state index in [-0.39, 0.29) is 0 Å². The molecule has 0 fully saturated rings. The van der Waals surface area contributed by atoms with Gasteiger partial charge in [0.1, 0.15) is 11.5 Å². The van der Waals surface area contributed by atoms with E-state index in [9.17, 15) is 9.59 Å². The van der Waals surface area contributed by atoms with Gasteiger partial charge in [-0.25, -0.2) is 10.2 Å². The van der Waals surface area contributed by atoms with Crippen molar-refractivity contribution in [3.63, 3.8) is 0 Å². The Morgan fingerprint density at radius 3 is 2.45 bits per heavy atom. The molecule has 0 heterocycles. The van der Waals surface area contributed by atoms with Crippen molar-refractivity contribution in [2.75, 3.05) is 7.11 Å². The maximum absolute atomic E-state index is 12.3. The van der Waals surface area contributed by atoms with E-state index in [0.29, 0.717) is 28.2 Å². The summed E-state index contributed by atoms with van der Waals surface area (Å²) in [5.74, 6) is -0.144. The highest BCUT2D eigenvalue weighted by atomic mass is 79.9. The smallest absolute Gasteiger partial charge is 0.343 e. The van der Waals surface area contributed by atoms with Crippen LogP contribution in [0.15, 0.2) is 82.4 Å². The Hall–Kier alpha value is -3.45. The fraction of sp³-hybridized carbons (Fsp3) is 0.0455. The van der Waals surface area contributed by atoms with E-state index in [1.54, 1.807) is 66.7 Å². The van der Waals surface area contributed by atoms with Gasteiger partial charge in [0.2, 0.25) is 0 Å². The van der Waals surface area contributed by atoms with Crippen LogP contribution in [0.1, 0.15) is 26.3 Å². The first kappa shape index (κ1) is 20.3. The molecular weight excluding hydrogens is 436 g/mol. The summed E-state index contributed by atoms with van der Waals surface area (Å²) >= 11 is 3.38. The van der Waals surface area contributed by atoms with Gasteiger partial charge in [-0.1, -0.05) is 46.3 Å². The van der Waals surface area contributed by atoms with Crippen LogP contribution in [-0.4, -0.2) is 25.2 Å². The molecule has 29 heavy (non-hydrogen) atoms. The summed E-state index contributed by atoms with van der Waals surface area (Å²) in [5, 5.41) is 3.98. The van der Waals surface area contributed by atoms with Crippen molar-refractivity contribution in [3.8, 4) is 11.5 Å². The van der Waals surface area contributed by atoms with Crippen LogP contribution in [0.25, 0.3) is 0 Å². The lowest BCUT2D eigenvalue weighted by molar-refractivity contribution is 0.0734. The number of carbonyl (C=O) groups is 2. The predicted molar refractivity (Wildman–Crippen MR) is 114 cm³/mol. The van der Waals surface area contributed by atoms with Gasteiger partial charge >= 0.3 is 5.97 Å². The summed E-state index contributed by atoms with van der Waals surface area (Å²) in [7, 11) is 1.49. The molecular formula is C22H17BrN2O4. The second-order valence-electron chi connectivity index (χ2n) is 5.84. The first-order valence-electron chi connectivity index (χ1n) is 8.61. The van der Waals surface area contributed by atoms with Crippen molar-refractivity contribution in [2.24, 2.45) is 5.10 Å². The molecule has 0 atom stereocenters. The lowest BCUT2D eigenvalue weighted by atomic mass is 10.2. The fourth-order valence-electron chi connectivity index (χ4n) is 2.50. The molecule has 3 rings (SSSR count). The summed E-state index contributed by atoms with van der Waals surface area (Å²) < 4.78 is 11.4. The normalized spacial score (nSPS) is 10.6. The van der Waals surface area contributed by atoms with Gasteiger partial charge in [-0.05, 0) is 42.5 Å². The highest BCUT2D eigenvalue weighted by Crippen LogP contribution is 2.23. The molecule has 0 aliphatic heterocycles. The summed E-state index contributed by atoms with van der Waals surface area (Å²) in [6, 6.07) is 20.6. The summed E-state index contributed by atoms with van der Waals surface area (Å²) in [4.78, 5) is 24.7. The van der Waals surface area contributed by atoms with E-state index in [2.05, 4.69) is 26.5 Å². The minimum absolute atomic E-state index is 0.317. The van der Waals surface area contributed by atoms with Gasteiger partial charge in [0.15, 0.2) is 0 Å². The second kappa shape index (κ2) is 9.66. The minimum Gasteiger partial charge on any atom is -0.496 e. The third kappa shape index (κ3) is 5.30. The van der Waals surface area contributed by atoms with E-state index in [1.807, 2.05) is 6.07 Å². The van der Waals surface area contributed by atoms with Gasteiger partial charge in [-0.15, -0.1) is 0 Å². The number of ether oxygens (including phenoxy) is 2. The average molecular weight is 453 g/mol. The van der Waals surface area contributed by atoms with Crippen molar-refractivity contribution < 1.29 is 19.1 Å². The highest BCUT2D eigenvalue weighted by molar-refractivity contribution is 9.10. The van der Waals surface area contributed by atoms with Crippen LogP contribution < -0.4 is 14.9 Å². The van der Waals surface area contributed by atoms with Crippen LogP contribution in [-0.2, 0) is 0 Å². The minimum atomic E-state index is -0.486. The van der Waals surface area contributed by atoms with Crippen molar-refractivity contribution in [2.45, 2.75) is 0 Å². The average Bonchev–Trinajstić information content (AvgIpc) is 2.76. The first-order valence-corrected chi connectivity index (χ1v) is 9.41. The Labute approximate surface area is 176 Å². The Morgan fingerprint density at radius 1 is 0.966 bits per heavy atom. The molecule has 0 saturated heterocycles. The fourth-order valence-corrected chi connectivity index (χ4v) is 2.88. The number of methoxy groups -OCH3 is 1. The molecule has 0 bridgehead atoms. The standard InChI is InChI=1S/C22H17BrN2O4/c1-28-20-10-6-5-9-18(20)21(26)25-24-14-16-13-17(23)11-12-19(16)29-22(27)15-7-3-2-4-8-15/h2-14H,1H3,(H,25,26)/b24-14-. The molecule has 7 heteroatoms. The van der Waals surface area contributed by atoms with Crippen molar-refractivity contribution in [1.29, 1.82) is 0 Å². The molecule has 0 radical (unpaired) electrons. The van der Waals surface area contributed by atoms with Crippen LogP contribution in [0.2, 0.25) is 0 Å². The van der Waals surface area contributed by atoms with Gasteiger partial charge in [0, 0.05) is 10.0 Å².